The molecule has 0 aromatic heterocycles. The molecule has 1 aromatic rings. The number of benzene rings is 1. The molecule has 0 aliphatic carbocycles. The second-order valence-corrected chi connectivity index (χ2v) is 5.93. The van der Waals surface area contributed by atoms with Crippen LogP contribution in [0.3, 0.4) is 0 Å². The summed E-state index contributed by atoms with van der Waals surface area (Å²) in [5, 5.41) is 18.9. The first-order valence-corrected chi connectivity index (χ1v) is 7.28. The molecule has 2 saturated heterocycles. The first kappa shape index (κ1) is 14.0. The van der Waals surface area contributed by atoms with Gasteiger partial charge in [-0.15, -0.1) is 0 Å². The first-order chi connectivity index (χ1) is 9.97. The largest absolute Gasteiger partial charge is 0.390 e. The summed E-state index contributed by atoms with van der Waals surface area (Å²) >= 11 is 3.32. The zero-order valence-corrected chi connectivity index (χ0v) is 12.8. The second-order valence-electron chi connectivity index (χ2n) is 5.13. The molecule has 6 nitrogen and oxygen atoms in total. The Morgan fingerprint density at radius 2 is 2.14 bits per heavy atom. The number of imide groups is 1. The van der Waals surface area contributed by atoms with Crippen LogP contribution >= 0.6 is 15.9 Å². The molecule has 2 aliphatic heterocycles. The highest BCUT2D eigenvalue weighted by Crippen LogP contribution is 2.36. The van der Waals surface area contributed by atoms with Gasteiger partial charge in [-0.05, 0) is 47.0 Å². The number of urea groups is 1. The SMILES string of the molecule is Cc1c(N2C(=O)[C@@H]3C(O)CCN3C2=O)ccc(C#N)c1Br. The van der Waals surface area contributed by atoms with Gasteiger partial charge in [-0.1, -0.05) is 0 Å². The van der Waals surface area contributed by atoms with E-state index in [1.54, 1.807) is 19.1 Å². The van der Waals surface area contributed by atoms with Crippen LogP contribution in [-0.4, -0.2) is 40.6 Å². The van der Waals surface area contributed by atoms with E-state index in [0.29, 0.717) is 34.3 Å². The van der Waals surface area contributed by atoms with E-state index in [0.717, 1.165) is 4.90 Å². The molecule has 0 saturated carbocycles. The van der Waals surface area contributed by atoms with E-state index in [4.69, 9.17) is 5.26 Å². The minimum Gasteiger partial charge on any atom is -0.390 e. The average Bonchev–Trinajstić information content (AvgIpc) is 2.95. The number of aliphatic hydroxyl groups excluding tert-OH is 1. The van der Waals surface area contributed by atoms with Gasteiger partial charge in [0.15, 0.2) is 0 Å². The number of amides is 3. The van der Waals surface area contributed by atoms with Crippen LogP contribution in [0, 0.1) is 18.3 Å². The Morgan fingerprint density at radius 3 is 2.76 bits per heavy atom. The molecule has 1 aromatic carbocycles. The highest BCUT2D eigenvalue weighted by Gasteiger charge is 2.52. The fourth-order valence-electron chi connectivity index (χ4n) is 2.87. The third kappa shape index (κ3) is 1.87. The molecule has 0 radical (unpaired) electrons. The standard InChI is InChI=1S/C14H12BrN3O3/c1-7-9(3-2-8(6-16)11(7)15)18-13(20)12-10(19)4-5-17(12)14(18)21/h2-3,10,12,19H,4-5H2,1H3/t10?,12-/m0/s1. The quantitative estimate of drug-likeness (QED) is 0.779. The molecule has 108 valence electrons. The number of rotatable bonds is 1. The summed E-state index contributed by atoms with van der Waals surface area (Å²) in [5.74, 6) is -0.412. The van der Waals surface area contributed by atoms with Crippen molar-refractivity contribution in [2.24, 2.45) is 0 Å². The summed E-state index contributed by atoms with van der Waals surface area (Å²) in [6.07, 6.45) is -0.389. The van der Waals surface area contributed by atoms with E-state index < -0.39 is 24.1 Å². The van der Waals surface area contributed by atoms with Gasteiger partial charge < -0.3 is 10.0 Å². The van der Waals surface area contributed by atoms with Crippen LogP contribution in [0.1, 0.15) is 17.5 Å². The number of hydrogen-bond acceptors (Lipinski definition) is 4. The van der Waals surface area contributed by atoms with Gasteiger partial charge >= 0.3 is 6.03 Å². The van der Waals surface area contributed by atoms with Gasteiger partial charge in [-0.2, -0.15) is 5.26 Å². The Labute approximate surface area is 129 Å². The summed E-state index contributed by atoms with van der Waals surface area (Å²) < 4.78 is 0.565. The number of anilines is 1. The predicted molar refractivity (Wildman–Crippen MR) is 77.6 cm³/mol. The maximum atomic E-state index is 12.4. The number of carbonyl (C=O) groups excluding carboxylic acids is 2. The van der Waals surface area contributed by atoms with Gasteiger partial charge in [0.05, 0.1) is 17.4 Å². The third-order valence-corrected chi connectivity index (χ3v) is 5.02. The van der Waals surface area contributed by atoms with E-state index in [9.17, 15) is 14.7 Å². The molecule has 0 spiro atoms. The highest BCUT2D eigenvalue weighted by molar-refractivity contribution is 9.10. The topological polar surface area (TPSA) is 84.6 Å². The summed E-state index contributed by atoms with van der Waals surface area (Å²) in [6, 6.07) is 3.98. The molecule has 1 N–H and O–H groups in total. The van der Waals surface area contributed by atoms with Crippen molar-refractivity contribution in [2.45, 2.75) is 25.5 Å². The zero-order chi connectivity index (χ0) is 15.3. The van der Waals surface area contributed by atoms with Gasteiger partial charge in [-0.3, -0.25) is 4.79 Å². The minimum atomic E-state index is -0.812. The Hall–Kier alpha value is -1.91. The van der Waals surface area contributed by atoms with E-state index in [-0.39, 0.29) is 0 Å². The molecule has 2 atom stereocenters. The number of aliphatic hydroxyl groups is 1. The summed E-state index contributed by atoms with van der Waals surface area (Å²) in [5.41, 5.74) is 1.53. The van der Waals surface area contributed by atoms with Gasteiger partial charge in [0.25, 0.3) is 5.91 Å². The number of halogens is 1. The molecular formula is C14H12BrN3O3. The van der Waals surface area contributed by atoms with Crippen molar-refractivity contribution >= 4 is 33.6 Å². The molecule has 7 heteroatoms. The average molecular weight is 350 g/mol. The summed E-state index contributed by atoms with van der Waals surface area (Å²) in [7, 11) is 0. The van der Waals surface area contributed by atoms with Gasteiger partial charge in [0.2, 0.25) is 0 Å². The van der Waals surface area contributed by atoms with Crippen LogP contribution in [0.2, 0.25) is 0 Å². The Kier molecular flexibility index (Phi) is 3.23. The van der Waals surface area contributed by atoms with E-state index in [2.05, 4.69) is 15.9 Å². The summed E-state index contributed by atoms with van der Waals surface area (Å²) in [4.78, 5) is 27.3. The van der Waals surface area contributed by atoms with Crippen LogP contribution < -0.4 is 4.90 Å². The molecule has 2 heterocycles. The van der Waals surface area contributed by atoms with Crippen molar-refractivity contribution in [1.29, 1.82) is 5.26 Å². The highest BCUT2D eigenvalue weighted by atomic mass is 79.9. The lowest BCUT2D eigenvalue weighted by Gasteiger charge is -2.19. The fourth-order valence-corrected chi connectivity index (χ4v) is 3.29. The lowest BCUT2D eigenvalue weighted by molar-refractivity contribution is -0.121. The van der Waals surface area contributed by atoms with Crippen molar-refractivity contribution in [3.05, 3.63) is 27.7 Å². The molecule has 1 unspecified atom stereocenters. The number of fused-ring (bicyclic) bond motifs is 1. The summed E-state index contributed by atoms with van der Waals surface area (Å²) in [6.45, 7) is 2.12. The molecule has 21 heavy (non-hydrogen) atoms. The Morgan fingerprint density at radius 1 is 1.43 bits per heavy atom. The van der Waals surface area contributed by atoms with Gasteiger partial charge in [0.1, 0.15) is 12.1 Å². The first-order valence-electron chi connectivity index (χ1n) is 6.49. The van der Waals surface area contributed by atoms with Crippen molar-refractivity contribution in [2.75, 3.05) is 11.4 Å². The van der Waals surface area contributed by atoms with Crippen LogP contribution in [0.4, 0.5) is 10.5 Å². The molecule has 2 aliphatic rings. The number of nitriles is 1. The molecule has 2 fully saturated rings. The molecule has 3 amide bonds. The van der Waals surface area contributed by atoms with E-state index in [1.165, 1.54) is 4.90 Å². The van der Waals surface area contributed by atoms with Crippen molar-refractivity contribution in [1.82, 2.24) is 4.90 Å². The lowest BCUT2D eigenvalue weighted by Crippen LogP contribution is -2.36. The zero-order valence-electron chi connectivity index (χ0n) is 11.2. The fraction of sp³-hybridized carbons (Fsp3) is 0.357. The second kappa shape index (κ2) is 4.83. The van der Waals surface area contributed by atoms with Crippen LogP contribution in [0.15, 0.2) is 16.6 Å². The van der Waals surface area contributed by atoms with Crippen LogP contribution in [0.5, 0.6) is 0 Å². The smallest absolute Gasteiger partial charge is 0.332 e. The van der Waals surface area contributed by atoms with Crippen LogP contribution in [0.25, 0.3) is 0 Å². The maximum Gasteiger partial charge on any atom is 0.332 e. The number of hydrogen-bond donors (Lipinski definition) is 1. The Balaban J connectivity index is 2.07. The maximum absolute atomic E-state index is 12.4. The van der Waals surface area contributed by atoms with Crippen molar-refractivity contribution in [3.63, 3.8) is 0 Å². The van der Waals surface area contributed by atoms with Crippen LogP contribution in [-0.2, 0) is 4.79 Å². The monoisotopic (exact) mass is 349 g/mol. The van der Waals surface area contributed by atoms with Crippen molar-refractivity contribution in [3.8, 4) is 6.07 Å². The predicted octanol–water partition coefficient (Wildman–Crippen LogP) is 1.53. The number of carbonyl (C=O) groups is 2. The van der Waals surface area contributed by atoms with Gasteiger partial charge in [-0.25, -0.2) is 9.69 Å². The number of nitrogens with zero attached hydrogens (tertiary/aromatic N) is 3. The minimum absolute atomic E-state index is 0.378. The van der Waals surface area contributed by atoms with E-state index >= 15 is 0 Å². The third-order valence-electron chi connectivity index (χ3n) is 4.00. The molecular weight excluding hydrogens is 338 g/mol. The van der Waals surface area contributed by atoms with Crippen molar-refractivity contribution < 1.29 is 14.7 Å². The van der Waals surface area contributed by atoms with Gasteiger partial charge in [0, 0.05) is 11.0 Å². The molecule has 0 bridgehead atoms. The normalized spacial score (nSPS) is 24.5. The lowest BCUT2D eigenvalue weighted by atomic mass is 10.1. The molecule has 3 rings (SSSR count). The Bertz CT molecular complexity index is 697. The van der Waals surface area contributed by atoms with E-state index in [1.807, 2.05) is 6.07 Å².